The van der Waals surface area contributed by atoms with Gasteiger partial charge in [0, 0.05) is 31.3 Å². The number of fused-ring (bicyclic) bond motifs is 1. The number of piperidine rings is 1. The first-order valence-electron chi connectivity index (χ1n) is 10.1. The molecule has 150 valence electrons. The molecule has 1 aliphatic heterocycles. The molecule has 5 nitrogen and oxygen atoms in total. The molecular weight excluding hydrogens is 364 g/mol. The van der Waals surface area contributed by atoms with Gasteiger partial charge in [-0.1, -0.05) is 12.1 Å². The van der Waals surface area contributed by atoms with Crippen molar-refractivity contribution >= 4 is 23.5 Å². The number of oxazole rings is 1. The minimum absolute atomic E-state index is 0. The Hall–Kier alpha value is -1.30. The summed E-state index contributed by atoms with van der Waals surface area (Å²) in [6.07, 6.45) is 7.20. The predicted molar refractivity (Wildman–Crippen MR) is 110 cm³/mol. The third-order valence-corrected chi connectivity index (χ3v) is 6.52. The largest absolute Gasteiger partial charge is 0.420 e. The summed E-state index contributed by atoms with van der Waals surface area (Å²) in [5, 5.41) is 0. The molecule has 0 atom stereocenters. The van der Waals surface area contributed by atoms with Crippen LogP contribution in [0.25, 0.3) is 11.1 Å². The van der Waals surface area contributed by atoms with Gasteiger partial charge in [0.05, 0.1) is 11.6 Å². The Kier molecular flexibility index (Phi) is 6.34. The molecule has 2 aromatic rings. The van der Waals surface area contributed by atoms with Gasteiger partial charge < -0.3 is 9.15 Å². The lowest BCUT2D eigenvalue weighted by Gasteiger charge is -2.48. The molecule has 1 aromatic carbocycles. The summed E-state index contributed by atoms with van der Waals surface area (Å²) in [5.74, 6) is -0.215. The maximum absolute atomic E-state index is 12.4. The smallest absolute Gasteiger partial charge is 0.408 e. The van der Waals surface area contributed by atoms with Crippen LogP contribution < -0.4 is 5.76 Å². The SMILES string of the molecule is CCOC1CCC(C)(N2CCC(n3c(=O)oc4ccccc43)CC2)CC1.Cl. The van der Waals surface area contributed by atoms with Gasteiger partial charge in [-0.15, -0.1) is 12.4 Å². The first kappa shape index (κ1) is 20.4. The van der Waals surface area contributed by atoms with Crippen LogP contribution >= 0.6 is 12.4 Å². The fourth-order valence-corrected chi connectivity index (χ4v) is 4.93. The number of para-hydroxylation sites is 2. The molecule has 4 rings (SSSR count). The van der Waals surface area contributed by atoms with E-state index in [-0.39, 0.29) is 29.7 Å². The summed E-state index contributed by atoms with van der Waals surface area (Å²) >= 11 is 0. The number of ether oxygens (including phenoxy) is 1. The third kappa shape index (κ3) is 3.96. The first-order valence-corrected chi connectivity index (χ1v) is 10.1. The molecule has 27 heavy (non-hydrogen) atoms. The maximum atomic E-state index is 12.4. The Balaban J connectivity index is 0.00000210. The lowest BCUT2D eigenvalue weighted by molar-refractivity contribution is -0.0274. The Labute approximate surface area is 167 Å². The van der Waals surface area contributed by atoms with E-state index in [1.807, 2.05) is 28.8 Å². The Morgan fingerprint density at radius 1 is 1.15 bits per heavy atom. The number of hydrogen-bond acceptors (Lipinski definition) is 4. The molecule has 2 fully saturated rings. The van der Waals surface area contributed by atoms with Gasteiger partial charge in [0.2, 0.25) is 0 Å². The second-order valence-corrected chi connectivity index (χ2v) is 8.08. The van der Waals surface area contributed by atoms with E-state index >= 15 is 0 Å². The lowest BCUT2D eigenvalue weighted by atomic mass is 9.79. The summed E-state index contributed by atoms with van der Waals surface area (Å²) < 4.78 is 13.1. The summed E-state index contributed by atoms with van der Waals surface area (Å²) in [7, 11) is 0. The van der Waals surface area contributed by atoms with Crippen molar-refractivity contribution in [1.82, 2.24) is 9.47 Å². The zero-order valence-electron chi connectivity index (χ0n) is 16.4. The molecule has 2 aliphatic rings. The highest BCUT2D eigenvalue weighted by molar-refractivity contribution is 5.85. The zero-order valence-corrected chi connectivity index (χ0v) is 17.2. The molecule has 1 aliphatic carbocycles. The van der Waals surface area contributed by atoms with Gasteiger partial charge in [0.1, 0.15) is 0 Å². The van der Waals surface area contributed by atoms with E-state index in [2.05, 4.69) is 18.7 Å². The zero-order chi connectivity index (χ0) is 18.1. The fourth-order valence-electron chi connectivity index (χ4n) is 4.93. The van der Waals surface area contributed by atoms with Gasteiger partial charge in [-0.2, -0.15) is 0 Å². The quantitative estimate of drug-likeness (QED) is 0.771. The van der Waals surface area contributed by atoms with Crippen LogP contribution in [-0.4, -0.2) is 40.8 Å². The minimum Gasteiger partial charge on any atom is -0.408 e. The average Bonchev–Trinajstić information content (AvgIpc) is 3.00. The van der Waals surface area contributed by atoms with Crippen molar-refractivity contribution in [3.8, 4) is 0 Å². The average molecular weight is 395 g/mol. The first-order chi connectivity index (χ1) is 12.6. The van der Waals surface area contributed by atoms with E-state index in [0.29, 0.717) is 11.7 Å². The monoisotopic (exact) mass is 394 g/mol. The predicted octanol–water partition coefficient (Wildman–Crippen LogP) is 4.39. The molecule has 1 aromatic heterocycles. The van der Waals surface area contributed by atoms with Crippen LogP contribution in [0.2, 0.25) is 0 Å². The highest BCUT2D eigenvalue weighted by Gasteiger charge is 2.38. The van der Waals surface area contributed by atoms with Gasteiger partial charge >= 0.3 is 5.76 Å². The van der Waals surface area contributed by atoms with Gasteiger partial charge in [0.25, 0.3) is 0 Å². The second kappa shape index (κ2) is 8.38. The second-order valence-electron chi connectivity index (χ2n) is 8.08. The van der Waals surface area contributed by atoms with Gasteiger partial charge in [-0.3, -0.25) is 9.47 Å². The van der Waals surface area contributed by atoms with Crippen molar-refractivity contribution in [2.24, 2.45) is 0 Å². The van der Waals surface area contributed by atoms with E-state index in [0.717, 1.165) is 50.9 Å². The van der Waals surface area contributed by atoms with Crippen LogP contribution in [0.4, 0.5) is 0 Å². The molecular formula is C21H31ClN2O3. The molecule has 0 amide bonds. The Morgan fingerprint density at radius 2 is 1.81 bits per heavy atom. The third-order valence-electron chi connectivity index (χ3n) is 6.52. The lowest BCUT2D eigenvalue weighted by Crippen LogP contribution is -2.52. The number of halogens is 1. The molecule has 0 radical (unpaired) electrons. The van der Waals surface area contributed by atoms with Crippen LogP contribution in [0.5, 0.6) is 0 Å². The van der Waals surface area contributed by atoms with Crippen molar-refractivity contribution in [2.75, 3.05) is 19.7 Å². The van der Waals surface area contributed by atoms with Crippen molar-refractivity contribution in [3.63, 3.8) is 0 Å². The van der Waals surface area contributed by atoms with Crippen LogP contribution in [0.15, 0.2) is 33.5 Å². The van der Waals surface area contributed by atoms with E-state index in [4.69, 9.17) is 9.15 Å². The van der Waals surface area contributed by atoms with Crippen molar-refractivity contribution in [3.05, 3.63) is 34.8 Å². The Morgan fingerprint density at radius 3 is 2.48 bits per heavy atom. The minimum atomic E-state index is -0.215. The van der Waals surface area contributed by atoms with Gasteiger partial charge in [-0.25, -0.2) is 4.79 Å². The van der Waals surface area contributed by atoms with Crippen LogP contribution in [-0.2, 0) is 4.74 Å². The highest BCUT2D eigenvalue weighted by Crippen LogP contribution is 2.38. The number of benzene rings is 1. The Bertz CT molecular complexity index is 799. The molecule has 0 bridgehead atoms. The van der Waals surface area contributed by atoms with Crippen molar-refractivity contribution in [1.29, 1.82) is 0 Å². The molecule has 6 heteroatoms. The summed E-state index contributed by atoms with van der Waals surface area (Å²) in [5.41, 5.74) is 1.91. The van der Waals surface area contributed by atoms with E-state index in [9.17, 15) is 4.79 Å². The topological polar surface area (TPSA) is 47.6 Å². The number of nitrogens with zero attached hydrogens (tertiary/aromatic N) is 2. The maximum Gasteiger partial charge on any atom is 0.420 e. The highest BCUT2D eigenvalue weighted by atomic mass is 35.5. The van der Waals surface area contributed by atoms with Crippen LogP contribution in [0.3, 0.4) is 0 Å². The van der Waals surface area contributed by atoms with Crippen molar-refractivity contribution in [2.45, 2.75) is 70.1 Å². The molecule has 0 unspecified atom stereocenters. The normalized spacial score (nSPS) is 27.6. The van der Waals surface area contributed by atoms with Gasteiger partial charge in [-0.05, 0) is 64.5 Å². The van der Waals surface area contributed by atoms with Crippen LogP contribution in [0.1, 0.15) is 58.4 Å². The molecule has 1 saturated carbocycles. The van der Waals surface area contributed by atoms with Gasteiger partial charge in [0.15, 0.2) is 5.58 Å². The molecule has 0 N–H and O–H groups in total. The molecule has 0 spiro atoms. The summed E-state index contributed by atoms with van der Waals surface area (Å²) in [6, 6.07) is 7.99. The summed E-state index contributed by atoms with van der Waals surface area (Å²) in [4.78, 5) is 15.0. The van der Waals surface area contributed by atoms with Crippen LogP contribution in [0, 0.1) is 0 Å². The number of likely N-dealkylation sites (tertiary alicyclic amines) is 1. The van der Waals surface area contributed by atoms with E-state index < -0.39 is 0 Å². The molecule has 1 saturated heterocycles. The van der Waals surface area contributed by atoms with E-state index in [1.165, 1.54) is 12.8 Å². The number of aromatic nitrogens is 1. The fraction of sp³-hybridized carbons (Fsp3) is 0.667. The molecule has 2 heterocycles. The summed E-state index contributed by atoms with van der Waals surface area (Å²) in [6.45, 7) is 7.41. The number of hydrogen-bond donors (Lipinski definition) is 0. The van der Waals surface area contributed by atoms with Crippen molar-refractivity contribution < 1.29 is 9.15 Å². The standard InChI is InChI=1S/C21H30N2O3.ClH/c1-3-25-17-8-12-21(2,13-9-17)22-14-10-16(11-15-22)23-18-6-4-5-7-19(18)26-20(23)24;/h4-7,16-17H,3,8-15H2,1-2H3;1H. The number of rotatable bonds is 4. The van der Waals surface area contributed by atoms with E-state index in [1.54, 1.807) is 0 Å².